The van der Waals surface area contributed by atoms with Crippen molar-refractivity contribution in [2.75, 3.05) is 6.54 Å². The Balaban J connectivity index is 2.60. The summed E-state index contributed by atoms with van der Waals surface area (Å²) in [4.78, 5) is 0. The van der Waals surface area contributed by atoms with Crippen molar-refractivity contribution in [3.63, 3.8) is 0 Å². The molecule has 80 valence electrons. The Labute approximate surface area is 86.5 Å². The van der Waals surface area contributed by atoms with Crippen LogP contribution in [-0.2, 0) is 7.05 Å². The van der Waals surface area contributed by atoms with E-state index in [0.717, 1.165) is 6.54 Å². The predicted octanol–water partition coefficient (Wildman–Crippen LogP) is 2.04. The molecule has 3 heteroatoms. The van der Waals surface area contributed by atoms with Gasteiger partial charge >= 0.3 is 0 Å². The van der Waals surface area contributed by atoms with Crippen LogP contribution in [0.25, 0.3) is 0 Å². The summed E-state index contributed by atoms with van der Waals surface area (Å²) in [7, 11) is 1.98. The third-order valence-electron chi connectivity index (χ3n) is 2.57. The van der Waals surface area contributed by atoms with E-state index in [1.165, 1.54) is 11.3 Å². The van der Waals surface area contributed by atoms with E-state index in [9.17, 15) is 0 Å². The van der Waals surface area contributed by atoms with Crippen LogP contribution in [0.4, 0.5) is 0 Å². The van der Waals surface area contributed by atoms with Gasteiger partial charge in [-0.3, -0.25) is 4.68 Å². The second-order valence-corrected chi connectivity index (χ2v) is 4.33. The van der Waals surface area contributed by atoms with Crippen molar-refractivity contribution in [1.29, 1.82) is 0 Å². The number of hydrogen-bond acceptors (Lipinski definition) is 2. The first-order valence-electron chi connectivity index (χ1n) is 5.24. The quantitative estimate of drug-likeness (QED) is 0.796. The lowest BCUT2D eigenvalue weighted by molar-refractivity contribution is 0.494. The maximum Gasteiger partial charge on any atom is 0.0540 e. The Kier molecular flexibility index (Phi) is 3.69. The molecule has 0 saturated carbocycles. The summed E-state index contributed by atoms with van der Waals surface area (Å²) in [6, 6.07) is 0.395. The van der Waals surface area contributed by atoms with Gasteiger partial charge in [0.1, 0.15) is 0 Å². The molecule has 1 atom stereocenters. The number of aromatic nitrogens is 2. The molecule has 1 aromatic heterocycles. The fourth-order valence-electron chi connectivity index (χ4n) is 1.46. The number of nitrogens with one attached hydrogen (secondary N) is 1. The zero-order valence-electron chi connectivity index (χ0n) is 9.83. The monoisotopic (exact) mass is 195 g/mol. The van der Waals surface area contributed by atoms with Gasteiger partial charge in [0.2, 0.25) is 0 Å². The van der Waals surface area contributed by atoms with Gasteiger partial charge < -0.3 is 5.32 Å². The molecule has 1 N–H and O–H groups in total. The van der Waals surface area contributed by atoms with E-state index in [0.29, 0.717) is 12.0 Å². The lowest BCUT2D eigenvalue weighted by Crippen LogP contribution is -2.23. The lowest BCUT2D eigenvalue weighted by Gasteiger charge is -2.15. The summed E-state index contributed by atoms with van der Waals surface area (Å²) in [5.74, 6) is 0.689. The molecule has 1 rings (SSSR count). The molecule has 0 fully saturated rings. The standard InChI is InChI=1S/C11H21N3/c1-8(2)6-12-9(3)11-7-13-14(5)10(11)4/h7-9,12H,6H2,1-5H3. The Morgan fingerprint density at radius 2 is 2.07 bits per heavy atom. The van der Waals surface area contributed by atoms with Crippen molar-refractivity contribution < 1.29 is 0 Å². The van der Waals surface area contributed by atoms with Gasteiger partial charge in [0.25, 0.3) is 0 Å². The molecule has 1 unspecified atom stereocenters. The van der Waals surface area contributed by atoms with Crippen LogP contribution in [0.5, 0.6) is 0 Å². The average molecular weight is 195 g/mol. The number of nitrogens with zero attached hydrogens (tertiary/aromatic N) is 2. The van der Waals surface area contributed by atoms with Crippen LogP contribution in [0.15, 0.2) is 6.20 Å². The number of rotatable bonds is 4. The highest BCUT2D eigenvalue weighted by Gasteiger charge is 2.11. The van der Waals surface area contributed by atoms with Crippen LogP contribution in [0.2, 0.25) is 0 Å². The van der Waals surface area contributed by atoms with Gasteiger partial charge in [-0.15, -0.1) is 0 Å². The molecule has 0 radical (unpaired) electrons. The Bertz CT molecular complexity index is 289. The fraction of sp³-hybridized carbons (Fsp3) is 0.727. The molecule has 14 heavy (non-hydrogen) atoms. The van der Waals surface area contributed by atoms with Gasteiger partial charge in [-0.2, -0.15) is 5.10 Å². The van der Waals surface area contributed by atoms with E-state index in [-0.39, 0.29) is 0 Å². The van der Waals surface area contributed by atoms with Crippen molar-refractivity contribution in [3.05, 3.63) is 17.5 Å². The smallest absolute Gasteiger partial charge is 0.0540 e. The number of aryl methyl sites for hydroxylation is 1. The van der Waals surface area contributed by atoms with Gasteiger partial charge in [0.05, 0.1) is 6.20 Å². The largest absolute Gasteiger partial charge is 0.310 e. The van der Waals surface area contributed by atoms with Crippen LogP contribution in [-0.4, -0.2) is 16.3 Å². The maximum atomic E-state index is 4.24. The van der Waals surface area contributed by atoms with E-state index < -0.39 is 0 Å². The van der Waals surface area contributed by atoms with Crippen molar-refractivity contribution in [2.45, 2.75) is 33.7 Å². The van der Waals surface area contributed by atoms with Crippen LogP contribution in [0.3, 0.4) is 0 Å². The molecular weight excluding hydrogens is 174 g/mol. The Morgan fingerprint density at radius 3 is 2.50 bits per heavy atom. The first kappa shape index (κ1) is 11.2. The molecule has 0 spiro atoms. The Hall–Kier alpha value is -0.830. The molecule has 1 aromatic rings. The molecule has 0 aliphatic heterocycles. The molecule has 3 nitrogen and oxygen atoms in total. The lowest BCUT2D eigenvalue weighted by atomic mass is 10.1. The van der Waals surface area contributed by atoms with Crippen molar-refractivity contribution in [2.24, 2.45) is 13.0 Å². The third kappa shape index (κ3) is 2.58. The summed E-state index contributed by atoms with van der Waals surface area (Å²) in [6.45, 7) is 9.78. The molecule has 0 amide bonds. The Morgan fingerprint density at radius 1 is 1.43 bits per heavy atom. The molecule has 0 aromatic carbocycles. The van der Waals surface area contributed by atoms with Crippen LogP contribution < -0.4 is 5.32 Å². The highest BCUT2D eigenvalue weighted by atomic mass is 15.3. The van der Waals surface area contributed by atoms with Gasteiger partial charge in [0, 0.05) is 24.3 Å². The van der Waals surface area contributed by atoms with Gasteiger partial charge in [-0.1, -0.05) is 13.8 Å². The average Bonchev–Trinajstić information content (AvgIpc) is 2.44. The van der Waals surface area contributed by atoms with E-state index in [1.54, 1.807) is 0 Å². The molecule has 0 saturated heterocycles. The summed E-state index contributed by atoms with van der Waals surface area (Å²) in [5, 5.41) is 7.74. The van der Waals surface area contributed by atoms with Crippen molar-refractivity contribution in [3.8, 4) is 0 Å². The minimum absolute atomic E-state index is 0.395. The zero-order chi connectivity index (χ0) is 10.7. The second-order valence-electron chi connectivity index (χ2n) is 4.33. The normalized spacial score (nSPS) is 13.6. The number of hydrogen-bond donors (Lipinski definition) is 1. The van der Waals surface area contributed by atoms with E-state index in [1.807, 2.05) is 17.9 Å². The SMILES string of the molecule is Cc1c(C(C)NCC(C)C)cnn1C. The van der Waals surface area contributed by atoms with Gasteiger partial charge in [-0.05, 0) is 26.3 Å². The minimum Gasteiger partial charge on any atom is -0.310 e. The highest BCUT2D eigenvalue weighted by Crippen LogP contribution is 2.15. The highest BCUT2D eigenvalue weighted by molar-refractivity contribution is 5.19. The minimum atomic E-state index is 0.395. The van der Waals surface area contributed by atoms with E-state index >= 15 is 0 Å². The van der Waals surface area contributed by atoms with Crippen LogP contribution in [0, 0.1) is 12.8 Å². The molecule has 0 bridgehead atoms. The van der Waals surface area contributed by atoms with E-state index in [2.05, 4.69) is 38.1 Å². The maximum absolute atomic E-state index is 4.24. The third-order valence-corrected chi connectivity index (χ3v) is 2.57. The summed E-state index contributed by atoms with van der Waals surface area (Å²) >= 11 is 0. The van der Waals surface area contributed by atoms with Gasteiger partial charge in [0.15, 0.2) is 0 Å². The van der Waals surface area contributed by atoms with Crippen LogP contribution in [0.1, 0.15) is 38.1 Å². The first-order chi connectivity index (χ1) is 6.52. The molecule has 0 aliphatic carbocycles. The van der Waals surface area contributed by atoms with Crippen LogP contribution >= 0.6 is 0 Å². The second kappa shape index (κ2) is 4.60. The summed E-state index contributed by atoms with van der Waals surface area (Å²) < 4.78 is 1.92. The molecule has 0 aliphatic rings. The predicted molar refractivity (Wildman–Crippen MR) is 59.2 cm³/mol. The van der Waals surface area contributed by atoms with Gasteiger partial charge in [-0.25, -0.2) is 0 Å². The molecular formula is C11H21N3. The van der Waals surface area contributed by atoms with Crippen molar-refractivity contribution >= 4 is 0 Å². The zero-order valence-corrected chi connectivity index (χ0v) is 9.83. The molecule has 1 heterocycles. The van der Waals surface area contributed by atoms with Crippen molar-refractivity contribution in [1.82, 2.24) is 15.1 Å². The fourth-order valence-corrected chi connectivity index (χ4v) is 1.46. The first-order valence-corrected chi connectivity index (χ1v) is 5.24. The topological polar surface area (TPSA) is 29.9 Å². The van der Waals surface area contributed by atoms with E-state index in [4.69, 9.17) is 0 Å². The summed E-state index contributed by atoms with van der Waals surface area (Å²) in [6.07, 6.45) is 1.95. The summed E-state index contributed by atoms with van der Waals surface area (Å²) in [5.41, 5.74) is 2.54.